The van der Waals surface area contributed by atoms with Crippen molar-refractivity contribution >= 4 is 24.0 Å². The van der Waals surface area contributed by atoms with Crippen molar-refractivity contribution in [1.29, 1.82) is 0 Å². The van der Waals surface area contributed by atoms with E-state index in [1.807, 2.05) is 0 Å². The summed E-state index contributed by atoms with van der Waals surface area (Å²) in [7, 11) is 0. The Balaban J connectivity index is 0.00000210. The lowest BCUT2D eigenvalue weighted by molar-refractivity contribution is -0.120. The summed E-state index contributed by atoms with van der Waals surface area (Å²) in [5.74, 6) is -0.698. The van der Waals surface area contributed by atoms with Gasteiger partial charge in [0.1, 0.15) is 11.6 Å². The molecule has 0 aromatic heterocycles. The SMILES string of the molecule is Cl.O=C(C1CC12CCNCC2)N(Cc1ccccc1F)c1ccc(F)cc1. The molecule has 1 aliphatic carbocycles. The van der Waals surface area contributed by atoms with Crippen molar-refractivity contribution in [3.05, 3.63) is 65.7 Å². The van der Waals surface area contributed by atoms with Crippen LogP contribution in [0.1, 0.15) is 24.8 Å². The molecule has 2 aliphatic rings. The third-order valence-electron chi connectivity index (χ3n) is 5.78. The molecule has 1 aliphatic heterocycles. The number of piperidine rings is 1. The smallest absolute Gasteiger partial charge is 0.230 e. The molecular formula is C21H23ClF2N2O. The van der Waals surface area contributed by atoms with E-state index in [4.69, 9.17) is 0 Å². The summed E-state index contributed by atoms with van der Waals surface area (Å²) in [5.41, 5.74) is 1.16. The molecule has 144 valence electrons. The number of carbonyl (C=O) groups is 1. The highest BCUT2D eigenvalue weighted by atomic mass is 35.5. The lowest BCUT2D eigenvalue weighted by Crippen LogP contribution is -2.36. The topological polar surface area (TPSA) is 32.3 Å². The van der Waals surface area contributed by atoms with E-state index in [1.54, 1.807) is 35.2 Å². The molecule has 2 aromatic carbocycles. The van der Waals surface area contributed by atoms with E-state index < -0.39 is 0 Å². The zero-order chi connectivity index (χ0) is 18.1. The number of amides is 1. The summed E-state index contributed by atoms with van der Waals surface area (Å²) in [6.07, 6.45) is 2.89. The zero-order valence-corrected chi connectivity index (χ0v) is 15.8. The van der Waals surface area contributed by atoms with Gasteiger partial charge in [0, 0.05) is 17.2 Å². The van der Waals surface area contributed by atoms with E-state index in [0.29, 0.717) is 11.3 Å². The van der Waals surface area contributed by atoms with Crippen molar-refractivity contribution in [3.63, 3.8) is 0 Å². The van der Waals surface area contributed by atoms with E-state index >= 15 is 0 Å². The number of carbonyl (C=O) groups excluding carboxylic acids is 1. The fraction of sp³-hybridized carbons (Fsp3) is 0.381. The van der Waals surface area contributed by atoms with Crippen molar-refractivity contribution in [2.24, 2.45) is 11.3 Å². The van der Waals surface area contributed by atoms with Crippen molar-refractivity contribution in [1.82, 2.24) is 5.32 Å². The highest BCUT2D eigenvalue weighted by molar-refractivity contribution is 5.97. The molecule has 6 heteroatoms. The molecule has 1 spiro atoms. The quantitative estimate of drug-likeness (QED) is 0.840. The largest absolute Gasteiger partial charge is 0.317 e. The van der Waals surface area contributed by atoms with Gasteiger partial charge in [-0.3, -0.25) is 4.79 Å². The molecule has 1 amide bonds. The number of halogens is 3. The van der Waals surface area contributed by atoms with Crippen LogP contribution in [0.15, 0.2) is 48.5 Å². The Morgan fingerprint density at radius 3 is 2.41 bits per heavy atom. The molecule has 2 aromatic rings. The molecule has 4 rings (SSSR count). The van der Waals surface area contributed by atoms with Gasteiger partial charge in [0.2, 0.25) is 5.91 Å². The van der Waals surface area contributed by atoms with Gasteiger partial charge in [0.15, 0.2) is 0 Å². The van der Waals surface area contributed by atoms with Gasteiger partial charge in [-0.1, -0.05) is 18.2 Å². The molecule has 1 atom stereocenters. The van der Waals surface area contributed by atoms with Gasteiger partial charge in [-0.15, -0.1) is 12.4 Å². The summed E-state index contributed by atoms with van der Waals surface area (Å²) in [4.78, 5) is 14.9. The van der Waals surface area contributed by atoms with E-state index in [-0.39, 0.29) is 47.8 Å². The third kappa shape index (κ3) is 3.99. The first-order valence-electron chi connectivity index (χ1n) is 9.10. The van der Waals surface area contributed by atoms with Crippen molar-refractivity contribution in [3.8, 4) is 0 Å². The van der Waals surface area contributed by atoms with Crippen LogP contribution in [0.2, 0.25) is 0 Å². The second-order valence-corrected chi connectivity index (χ2v) is 7.36. The minimum Gasteiger partial charge on any atom is -0.317 e. The normalized spacial score (nSPS) is 20.0. The first-order valence-corrected chi connectivity index (χ1v) is 9.10. The van der Waals surface area contributed by atoms with Crippen LogP contribution in [0.3, 0.4) is 0 Å². The third-order valence-corrected chi connectivity index (χ3v) is 5.78. The molecule has 3 nitrogen and oxygen atoms in total. The van der Waals surface area contributed by atoms with E-state index in [1.165, 1.54) is 18.2 Å². The monoisotopic (exact) mass is 392 g/mol. The molecule has 27 heavy (non-hydrogen) atoms. The van der Waals surface area contributed by atoms with Gasteiger partial charge >= 0.3 is 0 Å². The maximum atomic E-state index is 14.2. The van der Waals surface area contributed by atoms with Crippen molar-refractivity contribution in [2.75, 3.05) is 18.0 Å². The average Bonchev–Trinajstić information content (AvgIpc) is 3.35. The Morgan fingerprint density at radius 2 is 1.74 bits per heavy atom. The zero-order valence-electron chi connectivity index (χ0n) is 15.0. The molecule has 0 radical (unpaired) electrons. The van der Waals surface area contributed by atoms with Crippen LogP contribution in [0, 0.1) is 23.0 Å². The molecule has 1 saturated carbocycles. The van der Waals surface area contributed by atoms with E-state index in [0.717, 1.165) is 32.4 Å². The van der Waals surface area contributed by atoms with Crippen LogP contribution in [-0.2, 0) is 11.3 Å². The molecule has 1 saturated heterocycles. The number of hydrogen-bond acceptors (Lipinski definition) is 2. The summed E-state index contributed by atoms with van der Waals surface area (Å²) < 4.78 is 27.5. The molecule has 1 heterocycles. The van der Waals surface area contributed by atoms with Gasteiger partial charge in [0.05, 0.1) is 6.54 Å². The number of benzene rings is 2. The average molecular weight is 393 g/mol. The predicted octanol–water partition coefficient (Wildman–Crippen LogP) is 4.31. The molecular weight excluding hydrogens is 370 g/mol. The Hall–Kier alpha value is -1.98. The summed E-state index contributed by atoms with van der Waals surface area (Å²) in [5, 5.41) is 3.34. The van der Waals surface area contributed by atoms with E-state index in [9.17, 15) is 13.6 Å². The van der Waals surface area contributed by atoms with Gasteiger partial charge in [-0.25, -0.2) is 8.78 Å². The van der Waals surface area contributed by atoms with Gasteiger partial charge in [-0.05, 0) is 68.1 Å². The number of nitrogens with one attached hydrogen (secondary N) is 1. The lowest BCUT2D eigenvalue weighted by Gasteiger charge is -2.27. The second-order valence-electron chi connectivity index (χ2n) is 7.36. The van der Waals surface area contributed by atoms with Crippen LogP contribution < -0.4 is 10.2 Å². The summed E-state index contributed by atoms with van der Waals surface area (Å²) >= 11 is 0. The van der Waals surface area contributed by atoms with Gasteiger partial charge in [-0.2, -0.15) is 0 Å². The van der Waals surface area contributed by atoms with E-state index in [2.05, 4.69) is 5.32 Å². The lowest BCUT2D eigenvalue weighted by atomic mass is 9.91. The first kappa shape index (κ1) is 19.8. The van der Waals surface area contributed by atoms with Crippen LogP contribution in [0.25, 0.3) is 0 Å². The summed E-state index contributed by atoms with van der Waals surface area (Å²) in [6, 6.07) is 12.3. The fourth-order valence-corrected chi connectivity index (χ4v) is 4.08. The minimum atomic E-state index is -0.353. The second kappa shape index (κ2) is 7.95. The molecule has 0 bridgehead atoms. The minimum absolute atomic E-state index is 0. The van der Waals surface area contributed by atoms with Crippen LogP contribution >= 0.6 is 12.4 Å². The highest BCUT2D eigenvalue weighted by Gasteiger charge is 2.58. The number of anilines is 1. The predicted molar refractivity (Wildman–Crippen MR) is 104 cm³/mol. The maximum absolute atomic E-state index is 14.2. The number of nitrogens with zero attached hydrogens (tertiary/aromatic N) is 1. The van der Waals surface area contributed by atoms with Gasteiger partial charge in [0.25, 0.3) is 0 Å². The van der Waals surface area contributed by atoms with Crippen molar-refractivity contribution in [2.45, 2.75) is 25.8 Å². The Morgan fingerprint density at radius 1 is 1.07 bits per heavy atom. The maximum Gasteiger partial charge on any atom is 0.230 e. The number of rotatable bonds is 4. The fourth-order valence-electron chi connectivity index (χ4n) is 4.08. The molecule has 1 N–H and O–H groups in total. The molecule has 1 unspecified atom stereocenters. The highest BCUT2D eigenvalue weighted by Crippen LogP contribution is 2.59. The summed E-state index contributed by atoms with van der Waals surface area (Å²) in [6.45, 7) is 2.03. The first-order chi connectivity index (χ1) is 12.6. The van der Waals surface area contributed by atoms with Gasteiger partial charge < -0.3 is 10.2 Å². The Kier molecular flexibility index (Phi) is 5.82. The van der Waals surface area contributed by atoms with Crippen LogP contribution in [0.5, 0.6) is 0 Å². The van der Waals surface area contributed by atoms with Crippen molar-refractivity contribution < 1.29 is 13.6 Å². The Bertz CT molecular complexity index is 806. The standard InChI is InChI=1S/C21H22F2N2O.ClH/c22-16-5-7-17(8-6-16)25(14-15-3-1-2-4-19(15)23)20(26)18-13-21(18)9-11-24-12-10-21;/h1-8,18,24H,9-14H2;1H. The van der Waals surface area contributed by atoms with Crippen LogP contribution in [0.4, 0.5) is 14.5 Å². The molecule has 2 fully saturated rings. The number of hydrogen-bond donors (Lipinski definition) is 1. The Labute approximate surface area is 164 Å². The van der Waals surface area contributed by atoms with Crippen LogP contribution in [-0.4, -0.2) is 19.0 Å².